The molecule has 0 amide bonds. The van der Waals surface area contributed by atoms with Gasteiger partial charge in [0, 0.05) is 7.05 Å². The summed E-state index contributed by atoms with van der Waals surface area (Å²) < 4.78 is 5.08. The van der Waals surface area contributed by atoms with Crippen molar-refractivity contribution < 1.29 is 14.6 Å². The lowest BCUT2D eigenvalue weighted by Crippen LogP contribution is -2.38. The molecule has 0 aliphatic heterocycles. The highest BCUT2D eigenvalue weighted by Gasteiger charge is 2.23. The van der Waals surface area contributed by atoms with Gasteiger partial charge in [0.2, 0.25) is 5.88 Å². The molecule has 1 atom stereocenters. The molecule has 0 bridgehead atoms. The third kappa shape index (κ3) is 2.64. The lowest BCUT2D eigenvalue weighted by Gasteiger charge is -2.26. The van der Waals surface area contributed by atoms with Crippen LogP contribution in [-0.4, -0.2) is 41.2 Å². The Morgan fingerprint density at radius 3 is 2.71 bits per heavy atom. The second kappa shape index (κ2) is 5.47. The highest BCUT2D eigenvalue weighted by molar-refractivity contribution is 5.78. The Morgan fingerprint density at radius 2 is 2.24 bits per heavy atom. The zero-order valence-corrected chi connectivity index (χ0v) is 10.5. The van der Waals surface area contributed by atoms with Crippen molar-refractivity contribution in [2.24, 2.45) is 0 Å². The van der Waals surface area contributed by atoms with Crippen molar-refractivity contribution in [2.45, 2.75) is 26.3 Å². The number of aromatic nitrogens is 2. The molecule has 1 heterocycles. The molecule has 0 aromatic carbocycles. The van der Waals surface area contributed by atoms with Crippen molar-refractivity contribution in [1.82, 2.24) is 9.97 Å². The summed E-state index contributed by atoms with van der Waals surface area (Å²) >= 11 is 0. The zero-order valence-electron chi connectivity index (χ0n) is 10.5. The standard InChI is InChI=1S/C11H17N3O3/c1-5-8(11(15)16)14(3)9-7(2)10(17-4)13-6-12-9/h6,8H,5H2,1-4H3,(H,15,16). The summed E-state index contributed by atoms with van der Waals surface area (Å²) in [4.78, 5) is 20.8. The van der Waals surface area contributed by atoms with E-state index in [9.17, 15) is 4.79 Å². The molecule has 0 fully saturated rings. The Hall–Kier alpha value is -1.85. The number of nitrogens with zero attached hydrogens (tertiary/aromatic N) is 3. The van der Waals surface area contributed by atoms with Crippen LogP contribution in [0.3, 0.4) is 0 Å². The summed E-state index contributed by atoms with van der Waals surface area (Å²) in [5.74, 6) is 0.167. The fraction of sp³-hybridized carbons (Fsp3) is 0.545. The Balaban J connectivity index is 3.11. The van der Waals surface area contributed by atoms with Crippen LogP contribution >= 0.6 is 0 Å². The van der Waals surface area contributed by atoms with E-state index in [1.807, 2.05) is 6.92 Å². The Labute approximate surface area is 100 Å². The number of anilines is 1. The van der Waals surface area contributed by atoms with E-state index < -0.39 is 12.0 Å². The summed E-state index contributed by atoms with van der Waals surface area (Å²) in [6, 6.07) is -0.603. The second-order valence-corrected chi connectivity index (χ2v) is 3.70. The molecule has 94 valence electrons. The number of carbonyl (C=O) groups is 1. The average molecular weight is 239 g/mol. The number of hydrogen-bond acceptors (Lipinski definition) is 5. The van der Waals surface area contributed by atoms with Crippen molar-refractivity contribution in [1.29, 1.82) is 0 Å². The molecule has 1 rings (SSSR count). The minimum absolute atomic E-state index is 0.460. The highest BCUT2D eigenvalue weighted by Crippen LogP contribution is 2.24. The van der Waals surface area contributed by atoms with Gasteiger partial charge in [0.25, 0.3) is 0 Å². The van der Waals surface area contributed by atoms with E-state index in [4.69, 9.17) is 9.84 Å². The fourth-order valence-electron chi connectivity index (χ4n) is 1.75. The molecule has 0 saturated heterocycles. The predicted molar refractivity (Wildman–Crippen MR) is 63.4 cm³/mol. The van der Waals surface area contributed by atoms with Gasteiger partial charge in [-0.05, 0) is 13.3 Å². The number of hydrogen-bond donors (Lipinski definition) is 1. The van der Waals surface area contributed by atoms with Gasteiger partial charge in [0.15, 0.2) is 0 Å². The maximum absolute atomic E-state index is 11.1. The smallest absolute Gasteiger partial charge is 0.326 e. The fourth-order valence-corrected chi connectivity index (χ4v) is 1.75. The van der Waals surface area contributed by atoms with Gasteiger partial charge in [-0.2, -0.15) is 0 Å². The lowest BCUT2D eigenvalue weighted by atomic mass is 10.2. The van der Waals surface area contributed by atoms with Crippen LogP contribution in [0.4, 0.5) is 5.82 Å². The van der Waals surface area contributed by atoms with Crippen LogP contribution < -0.4 is 9.64 Å². The van der Waals surface area contributed by atoms with Crippen molar-refractivity contribution in [2.75, 3.05) is 19.1 Å². The van der Waals surface area contributed by atoms with E-state index >= 15 is 0 Å². The molecule has 0 aliphatic rings. The molecule has 1 unspecified atom stereocenters. The second-order valence-electron chi connectivity index (χ2n) is 3.70. The quantitative estimate of drug-likeness (QED) is 0.829. The van der Waals surface area contributed by atoms with Crippen molar-refractivity contribution >= 4 is 11.8 Å². The first-order valence-corrected chi connectivity index (χ1v) is 5.34. The monoisotopic (exact) mass is 239 g/mol. The zero-order chi connectivity index (χ0) is 13.0. The number of carboxylic acids is 1. The number of rotatable bonds is 5. The van der Waals surface area contributed by atoms with Gasteiger partial charge in [0.05, 0.1) is 12.7 Å². The summed E-state index contributed by atoms with van der Waals surface area (Å²) in [5.41, 5.74) is 0.734. The van der Waals surface area contributed by atoms with E-state index in [1.54, 1.807) is 18.9 Å². The maximum Gasteiger partial charge on any atom is 0.326 e. The topological polar surface area (TPSA) is 75.5 Å². The van der Waals surface area contributed by atoms with Crippen LogP contribution in [0.1, 0.15) is 18.9 Å². The molecule has 6 heteroatoms. The number of methoxy groups -OCH3 is 1. The molecular formula is C11H17N3O3. The molecule has 0 saturated carbocycles. The Bertz CT molecular complexity index is 409. The molecular weight excluding hydrogens is 222 g/mol. The van der Waals surface area contributed by atoms with Crippen LogP contribution in [-0.2, 0) is 4.79 Å². The molecule has 0 radical (unpaired) electrons. The average Bonchev–Trinajstić information content (AvgIpc) is 2.29. The minimum Gasteiger partial charge on any atom is -0.481 e. The first-order chi connectivity index (χ1) is 8.02. The number of ether oxygens (including phenoxy) is 1. The molecule has 1 aromatic heterocycles. The third-order valence-electron chi connectivity index (χ3n) is 2.68. The summed E-state index contributed by atoms with van der Waals surface area (Å²) in [6.07, 6.45) is 1.86. The van der Waals surface area contributed by atoms with Crippen LogP contribution in [0.2, 0.25) is 0 Å². The molecule has 0 aliphatic carbocycles. The summed E-state index contributed by atoms with van der Waals surface area (Å²) in [5, 5.41) is 9.11. The number of carboxylic acid groups (broad SMARTS) is 1. The molecule has 1 aromatic rings. The van der Waals surface area contributed by atoms with E-state index in [1.165, 1.54) is 13.4 Å². The molecule has 17 heavy (non-hydrogen) atoms. The van der Waals surface area contributed by atoms with Crippen LogP contribution in [0.15, 0.2) is 6.33 Å². The van der Waals surface area contributed by atoms with Gasteiger partial charge < -0.3 is 14.7 Å². The third-order valence-corrected chi connectivity index (χ3v) is 2.68. The van der Waals surface area contributed by atoms with Crippen molar-refractivity contribution in [3.63, 3.8) is 0 Å². The normalized spacial score (nSPS) is 12.0. The van der Waals surface area contributed by atoms with Gasteiger partial charge in [-0.1, -0.05) is 6.92 Å². The number of likely N-dealkylation sites (N-methyl/N-ethyl adjacent to an activating group) is 1. The van der Waals surface area contributed by atoms with Gasteiger partial charge in [-0.25, -0.2) is 14.8 Å². The SMILES string of the molecule is CCC(C(=O)O)N(C)c1ncnc(OC)c1C. The van der Waals surface area contributed by atoms with Crippen LogP contribution in [0.5, 0.6) is 5.88 Å². The minimum atomic E-state index is -0.869. The number of aliphatic carboxylic acids is 1. The van der Waals surface area contributed by atoms with Gasteiger partial charge in [0.1, 0.15) is 18.2 Å². The van der Waals surface area contributed by atoms with Gasteiger partial charge in [-0.15, -0.1) is 0 Å². The molecule has 1 N–H and O–H groups in total. The Kier molecular flexibility index (Phi) is 4.25. The van der Waals surface area contributed by atoms with Crippen molar-refractivity contribution in [3.8, 4) is 5.88 Å². The van der Waals surface area contributed by atoms with Gasteiger partial charge >= 0.3 is 5.97 Å². The Morgan fingerprint density at radius 1 is 1.59 bits per heavy atom. The van der Waals surface area contributed by atoms with Crippen LogP contribution in [0.25, 0.3) is 0 Å². The largest absolute Gasteiger partial charge is 0.481 e. The summed E-state index contributed by atoms with van der Waals surface area (Å²) in [7, 11) is 3.23. The first-order valence-electron chi connectivity index (χ1n) is 5.34. The lowest BCUT2D eigenvalue weighted by molar-refractivity contribution is -0.138. The summed E-state index contributed by atoms with van der Waals surface area (Å²) in [6.45, 7) is 3.63. The maximum atomic E-state index is 11.1. The predicted octanol–water partition coefficient (Wildman–Crippen LogP) is 1.09. The van der Waals surface area contributed by atoms with Gasteiger partial charge in [-0.3, -0.25) is 0 Å². The van der Waals surface area contributed by atoms with E-state index in [0.717, 1.165) is 5.56 Å². The van der Waals surface area contributed by atoms with Crippen molar-refractivity contribution in [3.05, 3.63) is 11.9 Å². The molecule has 0 spiro atoms. The first kappa shape index (κ1) is 13.2. The highest BCUT2D eigenvalue weighted by atomic mass is 16.5. The van der Waals surface area contributed by atoms with Crippen LogP contribution in [0, 0.1) is 6.92 Å². The molecule has 6 nitrogen and oxygen atoms in total. The van der Waals surface area contributed by atoms with E-state index in [0.29, 0.717) is 18.1 Å². The van der Waals surface area contributed by atoms with E-state index in [2.05, 4.69) is 9.97 Å². The van der Waals surface area contributed by atoms with E-state index in [-0.39, 0.29) is 0 Å².